The molecule has 9 heteroatoms. The van der Waals surface area contributed by atoms with Crippen LogP contribution < -0.4 is 11.1 Å². The molecule has 0 unspecified atom stereocenters. The van der Waals surface area contributed by atoms with Crippen molar-refractivity contribution in [1.82, 2.24) is 19.9 Å². The van der Waals surface area contributed by atoms with Crippen LogP contribution in [-0.2, 0) is 13.0 Å². The number of H-pyrrole nitrogens is 1. The van der Waals surface area contributed by atoms with Crippen molar-refractivity contribution in [3.63, 3.8) is 0 Å². The van der Waals surface area contributed by atoms with Crippen LogP contribution in [0.1, 0.15) is 10.7 Å². The third kappa shape index (κ3) is 2.82. The average molecular weight is 327 g/mol. The number of aromatic nitrogens is 4. The van der Waals surface area contributed by atoms with Gasteiger partial charge in [-0.1, -0.05) is 0 Å². The van der Waals surface area contributed by atoms with E-state index in [-0.39, 0.29) is 5.28 Å². The Morgan fingerprint density at radius 1 is 1.43 bits per heavy atom. The zero-order valence-corrected chi connectivity index (χ0v) is 12.4. The Kier molecular flexibility index (Phi) is 4.00. The molecular formula is C12H12ClFN6S. The highest BCUT2D eigenvalue weighted by Gasteiger charge is 2.18. The number of nitrogens with two attached hydrogens (primary N) is 1. The van der Waals surface area contributed by atoms with Gasteiger partial charge in [-0.05, 0) is 18.1 Å². The molecule has 110 valence electrons. The van der Waals surface area contributed by atoms with Gasteiger partial charge in [0.25, 0.3) is 0 Å². The quantitative estimate of drug-likeness (QED) is 0.626. The number of thiazole rings is 1. The van der Waals surface area contributed by atoms with Crippen molar-refractivity contribution in [3.8, 4) is 0 Å². The number of hydrogen-bond acceptors (Lipinski definition) is 6. The summed E-state index contributed by atoms with van der Waals surface area (Å²) in [5.74, 6) is -0.0500. The maximum atomic E-state index is 14.4. The summed E-state index contributed by atoms with van der Waals surface area (Å²) in [5, 5.41) is 6.13. The first-order chi connectivity index (χ1) is 10.2. The number of nitrogens with one attached hydrogen (secondary N) is 2. The van der Waals surface area contributed by atoms with Gasteiger partial charge in [0.05, 0.1) is 17.6 Å². The van der Waals surface area contributed by atoms with E-state index in [4.69, 9.17) is 17.3 Å². The lowest BCUT2D eigenvalue weighted by Gasteiger charge is -2.05. The van der Waals surface area contributed by atoms with Gasteiger partial charge in [-0.2, -0.15) is 9.97 Å². The lowest BCUT2D eigenvalue weighted by atomic mass is 10.2. The molecule has 0 fully saturated rings. The monoisotopic (exact) mass is 326 g/mol. The second kappa shape index (κ2) is 5.92. The number of nitrogens with zero attached hydrogens (tertiary/aromatic N) is 3. The Balaban J connectivity index is 1.99. The van der Waals surface area contributed by atoms with E-state index in [2.05, 4.69) is 25.3 Å². The normalized spacial score (nSPS) is 11.2. The fraction of sp³-hybridized carbons (Fsp3) is 0.250. The topological polar surface area (TPSA) is 92.5 Å². The number of anilines is 1. The molecule has 0 aliphatic carbocycles. The molecule has 0 spiro atoms. The highest BCUT2D eigenvalue weighted by atomic mass is 35.5. The van der Waals surface area contributed by atoms with E-state index in [9.17, 15) is 4.39 Å². The van der Waals surface area contributed by atoms with Gasteiger partial charge in [-0.15, -0.1) is 11.3 Å². The van der Waals surface area contributed by atoms with Crippen LogP contribution >= 0.6 is 22.9 Å². The predicted molar refractivity (Wildman–Crippen MR) is 81.1 cm³/mol. The highest BCUT2D eigenvalue weighted by molar-refractivity contribution is 7.09. The summed E-state index contributed by atoms with van der Waals surface area (Å²) >= 11 is 7.38. The maximum Gasteiger partial charge on any atom is 0.226 e. The van der Waals surface area contributed by atoms with Crippen molar-refractivity contribution in [2.24, 2.45) is 5.73 Å². The molecule has 0 saturated heterocycles. The van der Waals surface area contributed by atoms with Gasteiger partial charge in [0.2, 0.25) is 5.28 Å². The fourth-order valence-electron chi connectivity index (χ4n) is 2.02. The van der Waals surface area contributed by atoms with Crippen molar-refractivity contribution in [1.29, 1.82) is 0 Å². The third-order valence-electron chi connectivity index (χ3n) is 2.92. The molecule has 0 radical (unpaired) electrons. The smallest absolute Gasteiger partial charge is 0.226 e. The summed E-state index contributed by atoms with van der Waals surface area (Å²) in [6, 6.07) is 0. The first kappa shape index (κ1) is 14.2. The first-order valence-corrected chi connectivity index (χ1v) is 7.50. The largest absolute Gasteiger partial charge is 0.363 e. The lowest BCUT2D eigenvalue weighted by molar-refractivity contribution is 0.618. The Labute approximate surface area is 128 Å². The molecule has 3 heterocycles. The molecule has 0 atom stereocenters. The second-order valence-corrected chi connectivity index (χ2v) is 5.62. The average Bonchev–Trinajstić information content (AvgIpc) is 3.06. The second-order valence-electron chi connectivity index (χ2n) is 4.30. The van der Waals surface area contributed by atoms with Crippen molar-refractivity contribution >= 4 is 39.8 Å². The van der Waals surface area contributed by atoms with Crippen LogP contribution in [0.4, 0.5) is 10.2 Å². The van der Waals surface area contributed by atoms with E-state index in [0.717, 1.165) is 5.01 Å². The highest BCUT2D eigenvalue weighted by Crippen LogP contribution is 2.27. The molecule has 21 heavy (non-hydrogen) atoms. The van der Waals surface area contributed by atoms with Crippen LogP contribution in [0, 0.1) is 5.82 Å². The van der Waals surface area contributed by atoms with Gasteiger partial charge < -0.3 is 16.0 Å². The zero-order chi connectivity index (χ0) is 14.8. The van der Waals surface area contributed by atoms with Crippen LogP contribution in [0.25, 0.3) is 11.0 Å². The molecular weight excluding hydrogens is 315 g/mol. The fourth-order valence-corrected chi connectivity index (χ4v) is 2.75. The lowest BCUT2D eigenvalue weighted by Crippen LogP contribution is -2.04. The van der Waals surface area contributed by atoms with E-state index >= 15 is 0 Å². The van der Waals surface area contributed by atoms with Crippen molar-refractivity contribution < 1.29 is 4.39 Å². The van der Waals surface area contributed by atoms with Gasteiger partial charge in [0, 0.05) is 18.0 Å². The number of hydrogen-bond donors (Lipinski definition) is 3. The standard InChI is InChI=1S/C12H12ClFN6S/c13-12-19-10(17-5-7-16-3-4-21-7)8-9(14)6(1-2-15)18-11(8)20-12/h3-4H,1-2,5,15H2,(H2,17,18,19,20). The van der Waals surface area contributed by atoms with Crippen molar-refractivity contribution in [2.75, 3.05) is 11.9 Å². The summed E-state index contributed by atoms with van der Waals surface area (Å²) < 4.78 is 14.4. The third-order valence-corrected chi connectivity index (χ3v) is 3.87. The predicted octanol–water partition coefficient (Wildman–Crippen LogP) is 2.32. The Morgan fingerprint density at radius 2 is 2.29 bits per heavy atom. The minimum Gasteiger partial charge on any atom is -0.363 e. The van der Waals surface area contributed by atoms with Crippen LogP contribution in [0.5, 0.6) is 0 Å². The molecule has 0 saturated carbocycles. The Bertz CT molecular complexity index is 757. The SMILES string of the molecule is NCCc1[nH]c2nc(Cl)nc(NCc3nccs3)c2c1F. The number of fused-ring (bicyclic) bond motifs is 1. The van der Waals surface area contributed by atoms with Gasteiger partial charge in [-0.25, -0.2) is 9.37 Å². The Hall–Kier alpha value is -1.77. The Morgan fingerprint density at radius 3 is 3.00 bits per heavy atom. The number of aromatic amines is 1. The number of halogens is 2. The minimum atomic E-state index is -0.395. The molecule has 0 aliphatic heterocycles. The molecule has 0 bridgehead atoms. The molecule has 3 aromatic rings. The van der Waals surface area contributed by atoms with E-state index in [1.165, 1.54) is 11.3 Å². The molecule has 6 nitrogen and oxygen atoms in total. The van der Waals surface area contributed by atoms with Crippen LogP contribution in [0.15, 0.2) is 11.6 Å². The van der Waals surface area contributed by atoms with Gasteiger partial charge in [-0.3, -0.25) is 0 Å². The summed E-state index contributed by atoms with van der Waals surface area (Å²) in [6.07, 6.45) is 2.10. The molecule has 4 N–H and O–H groups in total. The van der Waals surface area contributed by atoms with Crippen molar-refractivity contribution in [2.45, 2.75) is 13.0 Å². The summed E-state index contributed by atoms with van der Waals surface area (Å²) in [5.41, 5.74) is 6.23. The molecule has 0 aromatic carbocycles. The summed E-state index contributed by atoms with van der Waals surface area (Å²) in [6.45, 7) is 0.781. The van der Waals surface area contributed by atoms with Crippen LogP contribution in [-0.4, -0.2) is 26.5 Å². The van der Waals surface area contributed by atoms with Crippen LogP contribution in [0.3, 0.4) is 0 Å². The van der Waals surface area contributed by atoms with Gasteiger partial charge in [0.1, 0.15) is 16.5 Å². The molecule has 0 amide bonds. The van der Waals surface area contributed by atoms with E-state index in [0.29, 0.717) is 42.1 Å². The summed E-state index contributed by atoms with van der Waals surface area (Å²) in [7, 11) is 0. The molecule has 3 rings (SSSR count). The first-order valence-electron chi connectivity index (χ1n) is 6.25. The zero-order valence-electron chi connectivity index (χ0n) is 10.9. The minimum absolute atomic E-state index is 0.0460. The maximum absolute atomic E-state index is 14.4. The molecule has 3 aromatic heterocycles. The number of rotatable bonds is 5. The van der Waals surface area contributed by atoms with E-state index in [1.54, 1.807) is 6.20 Å². The van der Waals surface area contributed by atoms with Crippen LogP contribution in [0.2, 0.25) is 5.28 Å². The summed E-state index contributed by atoms with van der Waals surface area (Å²) in [4.78, 5) is 15.1. The van der Waals surface area contributed by atoms with Gasteiger partial charge in [0.15, 0.2) is 5.82 Å². The van der Waals surface area contributed by atoms with E-state index < -0.39 is 5.82 Å². The van der Waals surface area contributed by atoms with E-state index in [1.807, 2.05) is 5.38 Å². The van der Waals surface area contributed by atoms with Crippen molar-refractivity contribution in [3.05, 3.63) is 33.4 Å². The van der Waals surface area contributed by atoms with Gasteiger partial charge >= 0.3 is 0 Å². The molecule has 0 aliphatic rings.